The lowest BCUT2D eigenvalue weighted by molar-refractivity contribution is 0.130. The van der Waals surface area contributed by atoms with Crippen LogP contribution >= 0.6 is 11.6 Å². The summed E-state index contributed by atoms with van der Waals surface area (Å²) in [6.07, 6.45) is 0. The van der Waals surface area contributed by atoms with E-state index in [1.165, 1.54) is 0 Å². The van der Waals surface area contributed by atoms with Crippen molar-refractivity contribution >= 4 is 11.6 Å². The average molecular weight is 250 g/mol. The summed E-state index contributed by atoms with van der Waals surface area (Å²) < 4.78 is 7.21. The normalized spacial score (nSPS) is 14.0. The van der Waals surface area contributed by atoms with E-state index in [0.717, 1.165) is 22.6 Å². The lowest BCUT2D eigenvalue weighted by Crippen LogP contribution is -2.09. The van der Waals surface area contributed by atoms with Gasteiger partial charge in [-0.05, 0) is 18.2 Å². The Labute approximate surface area is 104 Å². The number of halogens is 1. The Morgan fingerprint density at radius 1 is 1.41 bits per heavy atom. The number of hydrogen-bond donors (Lipinski definition) is 1. The van der Waals surface area contributed by atoms with E-state index in [0.29, 0.717) is 24.8 Å². The summed E-state index contributed by atoms with van der Waals surface area (Å²) in [7, 11) is 0. The molecule has 0 spiro atoms. The molecule has 0 radical (unpaired) electrons. The average Bonchev–Trinajstić information content (AvgIpc) is 2.88. The molecule has 0 atom stereocenters. The van der Waals surface area contributed by atoms with Crippen LogP contribution in [0.1, 0.15) is 17.0 Å². The van der Waals surface area contributed by atoms with Crippen molar-refractivity contribution in [3.63, 3.8) is 0 Å². The van der Waals surface area contributed by atoms with Crippen LogP contribution in [0.3, 0.4) is 0 Å². The maximum atomic E-state index is 5.99. The largest absolute Gasteiger partial charge is 0.370 e. The molecule has 5 heteroatoms. The number of nitrogens with two attached hydrogens (primary N) is 1. The monoisotopic (exact) mass is 249 g/mol. The lowest BCUT2D eigenvalue weighted by Gasteiger charge is -2.07. The van der Waals surface area contributed by atoms with Crippen LogP contribution in [0.15, 0.2) is 24.3 Å². The third kappa shape index (κ3) is 1.74. The molecule has 3 rings (SSSR count). The fraction of sp³-hybridized carbons (Fsp3) is 0.250. The first-order valence-electron chi connectivity index (χ1n) is 5.43. The van der Waals surface area contributed by atoms with E-state index in [-0.39, 0.29) is 0 Å². The molecule has 4 nitrogen and oxygen atoms in total. The van der Waals surface area contributed by atoms with Gasteiger partial charge in [0.05, 0.1) is 30.3 Å². The Bertz CT molecular complexity index is 565. The predicted octanol–water partition coefficient (Wildman–Crippen LogP) is 2.01. The van der Waals surface area contributed by atoms with Crippen molar-refractivity contribution in [2.75, 3.05) is 0 Å². The number of aromatic nitrogens is 2. The van der Waals surface area contributed by atoms with Gasteiger partial charge in [-0.25, -0.2) is 4.68 Å². The Morgan fingerprint density at radius 3 is 3.06 bits per heavy atom. The molecule has 1 aromatic heterocycles. The number of ether oxygens (including phenoxy) is 1. The predicted molar refractivity (Wildman–Crippen MR) is 65.0 cm³/mol. The van der Waals surface area contributed by atoms with Gasteiger partial charge in [-0.3, -0.25) is 0 Å². The zero-order valence-corrected chi connectivity index (χ0v) is 9.94. The molecule has 1 aliphatic rings. The van der Waals surface area contributed by atoms with Crippen LogP contribution in [-0.2, 0) is 24.5 Å². The second-order valence-electron chi connectivity index (χ2n) is 3.96. The quantitative estimate of drug-likeness (QED) is 0.886. The smallest absolute Gasteiger partial charge is 0.0945 e. The molecule has 0 saturated heterocycles. The molecule has 2 heterocycles. The third-order valence-corrected chi connectivity index (χ3v) is 3.14. The van der Waals surface area contributed by atoms with Gasteiger partial charge in [-0.15, -0.1) is 0 Å². The van der Waals surface area contributed by atoms with Crippen molar-refractivity contribution < 1.29 is 4.74 Å². The lowest BCUT2D eigenvalue weighted by atomic mass is 10.2. The minimum absolute atomic E-state index is 0.443. The number of fused-ring (bicyclic) bond motifs is 1. The van der Waals surface area contributed by atoms with Crippen LogP contribution in [0.5, 0.6) is 0 Å². The Morgan fingerprint density at radius 2 is 2.29 bits per heavy atom. The van der Waals surface area contributed by atoms with Crippen LogP contribution in [0.4, 0.5) is 0 Å². The number of nitrogens with zero attached hydrogens (tertiary/aromatic N) is 2. The molecule has 88 valence electrons. The standard InChI is InChI=1S/C12H12ClN3O/c13-8-2-1-3-9(4-8)16-12(5-14)10-6-17-7-11(10)15-16/h1-4H,5-7,14H2. The van der Waals surface area contributed by atoms with Crippen molar-refractivity contribution in [2.24, 2.45) is 5.73 Å². The van der Waals surface area contributed by atoms with Gasteiger partial charge in [0.25, 0.3) is 0 Å². The topological polar surface area (TPSA) is 53.1 Å². The minimum Gasteiger partial charge on any atom is -0.370 e. The molecule has 0 bridgehead atoms. The van der Waals surface area contributed by atoms with E-state index in [9.17, 15) is 0 Å². The molecule has 2 aromatic rings. The molecule has 1 aromatic carbocycles. The van der Waals surface area contributed by atoms with Crippen molar-refractivity contribution in [3.8, 4) is 5.69 Å². The van der Waals surface area contributed by atoms with Crippen LogP contribution in [-0.4, -0.2) is 9.78 Å². The summed E-state index contributed by atoms with van der Waals surface area (Å²) in [5.74, 6) is 0. The zero-order chi connectivity index (χ0) is 11.8. The van der Waals surface area contributed by atoms with E-state index < -0.39 is 0 Å². The van der Waals surface area contributed by atoms with Crippen LogP contribution in [0, 0.1) is 0 Å². The summed E-state index contributed by atoms with van der Waals surface area (Å²) >= 11 is 5.99. The van der Waals surface area contributed by atoms with E-state index in [1.54, 1.807) is 0 Å². The molecular formula is C12H12ClN3O. The summed E-state index contributed by atoms with van der Waals surface area (Å²) in [4.78, 5) is 0. The Kier molecular flexibility index (Phi) is 2.63. The minimum atomic E-state index is 0.443. The van der Waals surface area contributed by atoms with Gasteiger partial charge in [0.15, 0.2) is 0 Å². The molecule has 0 fully saturated rings. The molecular weight excluding hydrogens is 238 g/mol. The van der Waals surface area contributed by atoms with Gasteiger partial charge in [0, 0.05) is 17.1 Å². The molecule has 1 aliphatic heterocycles. The number of rotatable bonds is 2. The van der Waals surface area contributed by atoms with Crippen molar-refractivity contribution in [3.05, 3.63) is 46.2 Å². The van der Waals surface area contributed by atoms with E-state index in [1.807, 2.05) is 28.9 Å². The highest BCUT2D eigenvalue weighted by atomic mass is 35.5. The number of hydrogen-bond acceptors (Lipinski definition) is 3. The van der Waals surface area contributed by atoms with Crippen LogP contribution in [0.25, 0.3) is 5.69 Å². The summed E-state index contributed by atoms with van der Waals surface area (Å²) in [6.45, 7) is 1.61. The van der Waals surface area contributed by atoms with Gasteiger partial charge in [-0.2, -0.15) is 5.10 Å². The summed E-state index contributed by atoms with van der Waals surface area (Å²) in [6, 6.07) is 7.59. The molecule has 0 saturated carbocycles. The fourth-order valence-corrected chi connectivity index (χ4v) is 2.28. The highest BCUT2D eigenvalue weighted by molar-refractivity contribution is 6.30. The Hall–Kier alpha value is -1.36. The van der Waals surface area contributed by atoms with E-state index >= 15 is 0 Å². The molecule has 0 unspecified atom stereocenters. The van der Waals surface area contributed by atoms with Gasteiger partial charge in [0.1, 0.15) is 0 Å². The van der Waals surface area contributed by atoms with Gasteiger partial charge in [-0.1, -0.05) is 17.7 Å². The maximum Gasteiger partial charge on any atom is 0.0945 e. The van der Waals surface area contributed by atoms with E-state index in [2.05, 4.69) is 5.10 Å². The SMILES string of the molecule is NCc1c2c(nn1-c1cccc(Cl)c1)COC2. The van der Waals surface area contributed by atoms with Crippen LogP contribution < -0.4 is 5.73 Å². The van der Waals surface area contributed by atoms with E-state index in [4.69, 9.17) is 22.1 Å². The zero-order valence-electron chi connectivity index (χ0n) is 9.19. The summed E-state index contributed by atoms with van der Waals surface area (Å²) in [5, 5.41) is 5.22. The molecule has 0 amide bonds. The molecule has 2 N–H and O–H groups in total. The second kappa shape index (κ2) is 4.14. The summed E-state index contributed by atoms with van der Waals surface area (Å²) in [5.41, 5.74) is 9.83. The maximum absolute atomic E-state index is 5.99. The first-order chi connectivity index (χ1) is 8.29. The molecule has 17 heavy (non-hydrogen) atoms. The highest BCUT2D eigenvalue weighted by Gasteiger charge is 2.22. The van der Waals surface area contributed by atoms with Gasteiger partial charge < -0.3 is 10.5 Å². The fourth-order valence-electron chi connectivity index (χ4n) is 2.10. The highest BCUT2D eigenvalue weighted by Crippen LogP contribution is 2.26. The first kappa shape index (κ1) is 10.8. The third-order valence-electron chi connectivity index (χ3n) is 2.90. The number of benzene rings is 1. The van der Waals surface area contributed by atoms with Crippen molar-refractivity contribution in [1.82, 2.24) is 9.78 Å². The van der Waals surface area contributed by atoms with Gasteiger partial charge in [0.2, 0.25) is 0 Å². The Balaban J connectivity index is 2.15. The van der Waals surface area contributed by atoms with Crippen molar-refractivity contribution in [2.45, 2.75) is 19.8 Å². The first-order valence-corrected chi connectivity index (χ1v) is 5.81. The molecule has 0 aliphatic carbocycles. The van der Waals surface area contributed by atoms with Gasteiger partial charge >= 0.3 is 0 Å². The van der Waals surface area contributed by atoms with Crippen LogP contribution in [0.2, 0.25) is 5.02 Å². The second-order valence-corrected chi connectivity index (χ2v) is 4.40. The van der Waals surface area contributed by atoms with Crippen molar-refractivity contribution in [1.29, 1.82) is 0 Å².